The molecule has 2 amide bonds. The lowest BCUT2D eigenvalue weighted by Crippen LogP contribution is -2.41. The standard InChI is InChI=1S/C19H19ClN2O3S/c1-25-16-9-6-14(7-10-16)8-11-18(23)21-22-19(24)13-26-12-15-4-2-3-5-17(15)20/h2-11H,12-13H2,1H3,(H,21,23)(H,22,24)/b11-8+. The Hall–Kier alpha value is -2.44. The molecule has 0 unspecified atom stereocenters. The third-order valence-corrected chi connectivity index (χ3v) is 4.67. The third-order valence-electron chi connectivity index (χ3n) is 3.32. The van der Waals surface area contributed by atoms with Crippen molar-refractivity contribution in [3.63, 3.8) is 0 Å². The van der Waals surface area contributed by atoms with E-state index in [2.05, 4.69) is 10.9 Å². The van der Waals surface area contributed by atoms with Crippen LogP contribution in [0.4, 0.5) is 0 Å². The van der Waals surface area contributed by atoms with Crippen molar-refractivity contribution in [3.8, 4) is 5.75 Å². The first-order valence-electron chi connectivity index (χ1n) is 7.80. The minimum absolute atomic E-state index is 0.216. The summed E-state index contributed by atoms with van der Waals surface area (Å²) in [4.78, 5) is 23.5. The van der Waals surface area contributed by atoms with Gasteiger partial charge in [0.1, 0.15) is 5.75 Å². The molecule has 2 aromatic carbocycles. The van der Waals surface area contributed by atoms with Gasteiger partial charge in [-0.15, -0.1) is 11.8 Å². The molecular formula is C19H19ClN2O3S. The monoisotopic (exact) mass is 390 g/mol. The van der Waals surface area contributed by atoms with Crippen LogP contribution in [0.25, 0.3) is 6.08 Å². The maximum atomic E-state index is 11.7. The van der Waals surface area contributed by atoms with Gasteiger partial charge in [0.05, 0.1) is 12.9 Å². The molecule has 0 aliphatic heterocycles. The average Bonchev–Trinajstić information content (AvgIpc) is 2.66. The molecule has 0 heterocycles. The minimum Gasteiger partial charge on any atom is -0.497 e. The average molecular weight is 391 g/mol. The smallest absolute Gasteiger partial charge is 0.262 e. The molecule has 0 fully saturated rings. The first kappa shape index (κ1) is 19.9. The summed E-state index contributed by atoms with van der Waals surface area (Å²) in [5.74, 6) is 0.887. The molecular weight excluding hydrogens is 372 g/mol. The number of halogens is 1. The second-order valence-corrected chi connectivity index (χ2v) is 6.62. The topological polar surface area (TPSA) is 67.4 Å². The van der Waals surface area contributed by atoms with Crippen molar-refractivity contribution in [3.05, 3.63) is 70.8 Å². The highest BCUT2D eigenvalue weighted by Crippen LogP contribution is 2.20. The number of benzene rings is 2. The van der Waals surface area contributed by atoms with Gasteiger partial charge in [0.2, 0.25) is 5.91 Å². The van der Waals surface area contributed by atoms with Crippen molar-refractivity contribution in [2.45, 2.75) is 5.75 Å². The summed E-state index contributed by atoms with van der Waals surface area (Å²) in [5, 5.41) is 0.678. The molecule has 0 saturated carbocycles. The van der Waals surface area contributed by atoms with Gasteiger partial charge in [0.25, 0.3) is 5.91 Å². The number of hydrazine groups is 1. The predicted octanol–water partition coefficient (Wildman–Crippen LogP) is 3.44. The van der Waals surface area contributed by atoms with E-state index >= 15 is 0 Å². The van der Waals surface area contributed by atoms with Crippen LogP contribution in [0, 0.1) is 0 Å². The summed E-state index contributed by atoms with van der Waals surface area (Å²) >= 11 is 7.48. The van der Waals surface area contributed by atoms with Crippen molar-refractivity contribution in [1.82, 2.24) is 10.9 Å². The molecule has 0 aromatic heterocycles. The second-order valence-electron chi connectivity index (χ2n) is 5.23. The van der Waals surface area contributed by atoms with Crippen molar-refractivity contribution < 1.29 is 14.3 Å². The zero-order chi connectivity index (χ0) is 18.8. The third kappa shape index (κ3) is 6.82. The highest BCUT2D eigenvalue weighted by Gasteiger charge is 2.05. The van der Waals surface area contributed by atoms with Crippen LogP contribution in [0.3, 0.4) is 0 Å². The highest BCUT2D eigenvalue weighted by atomic mass is 35.5. The van der Waals surface area contributed by atoms with Gasteiger partial charge in [-0.1, -0.05) is 41.9 Å². The molecule has 2 rings (SSSR count). The maximum Gasteiger partial charge on any atom is 0.262 e. The molecule has 0 bridgehead atoms. The molecule has 0 aliphatic carbocycles. The van der Waals surface area contributed by atoms with Crippen LogP contribution in [-0.4, -0.2) is 24.7 Å². The Bertz CT molecular complexity index is 779. The van der Waals surface area contributed by atoms with Crippen molar-refractivity contribution in [2.75, 3.05) is 12.9 Å². The summed E-state index contributed by atoms with van der Waals surface area (Å²) in [6.45, 7) is 0. The largest absolute Gasteiger partial charge is 0.497 e. The maximum absolute atomic E-state index is 11.7. The first-order chi connectivity index (χ1) is 12.6. The first-order valence-corrected chi connectivity index (χ1v) is 9.34. The van der Waals surface area contributed by atoms with Gasteiger partial charge in [-0.25, -0.2) is 0 Å². The fraction of sp³-hybridized carbons (Fsp3) is 0.158. The number of rotatable bonds is 7. The molecule has 2 aromatic rings. The fourth-order valence-corrected chi connectivity index (χ4v) is 3.08. The molecule has 5 nitrogen and oxygen atoms in total. The lowest BCUT2D eigenvalue weighted by Gasteiger charge is -2.06. The zero-order valence-electron chi connectivity index (χ0n) is 14.2. The van der Waals surface area contributed by atoms with E-state index < -0.39 is 5.91 Å². The van der Waals surface area contributed by atoms with E-state index in [1.807, 2.05) is 36.4 Å². The van der Waals surface area contributed by atoms with Gasteiger partial charge in [-0.3, -0.25) is 20.4 Å². The van der Waals surface area contributed by atoms with Gasteiger partial charge in [0.15, 0.2) is 0 Å². The quantitative estimate of drug-likeness (QED) is 0.561. The van der Waals surface area contributed by atoms with Crippen LogP contribution in [0.1, 0.15) is 11.1 Å². The molecule has 0 saturated heterocycles. The summed E-state index contributed by atoms with van der Waals surface area (Å²) in [7, 11) is 1.59. The Labute approximate surface area is 161 Å². The SMILES string of the molecule is COc1ccc(/C=C/C(=O)NNC(=O)CSCc2ccccc2Cl)cc1. The van der Waals surface area contributed by atoms with E-state index in [1.165, 1.54) is 17.8 Å². The van der Waals surface area contributed by atoms with E-state index in [-0.39, 0.29) is 11.7 Å². The Morgan fingerprint density at radius 1 is 1.12 bits per heavy atom. The van der Waals surface area contributed by atoms with Crippen LogP contribution >= 0.6 is 23.4 Å². The number of amides is 2. The summed E-state index contributed by atoms with van der Waals surface area (Å²) in [6, 6.07) is 14.7. The highest BCUT2D eigenvalue weighted by molar-refractivity contribution is 7.99. The molecule has 136 valence electrons. The Balaban J connectivity index is 1.68. The lowest BCUT2D eigenvalue weighted by molar-refractivity contribution is -0.125. The Morgan fingerprint density at radius 2 is 1.85 bits per heavy atom. The predicted molar refractivity (Wildman–Crippen MR) is 106 cm³/mol. The molecule has 7 heteroatoms. The zero-order valence-corrected chi connectivity index (χ0v) is 15.8. The van der Waals surface area contributed by atoms with Crippen LogP contribution in [-0.2, 0) is 15.3 Å². The van der Waals surface area contributed by atoms with Gasteiger partial charge in [-0.2, -0.15) is 0 Å². The number of methoxy groups -OCH3 is 1. The van der Waals surface area contributed by atoms with Gasteiger partial charge in [-0.05, 0) is 35.4 Å². The second kappa shape index (κ2) is 10.5. The molecule has 2 N–H and O–H groups in total. The van der Waals surface area contributed by atoms with Crippen LogP contribution in [0.5, 0.6) is 5.75 Å². The fourth-order valence-electron chi connectivity index (χ4n) is 1.97. The number of ether oxygens (including phenoxy) is 1. The summed E-state index contributed by atoms with van der Waals surface area (Å²) < 4.78 is 5.07. The Morgan fingerprint density at radius 3 is 2.54 bits per heavy atom. The van der Waals surface area contributed by atoms with E-state index in [9.17, 15) is 9.59 Å². The molecule has 0 atom stereocenters. The van der Waals surface area contributed by atoms with Crippen molar-refractivity contribution in [1.29, 1.82) is 0 Å². The van der Waals surface area contributed by atoms with E-state index in [4.69, 9.17) is 16.3 Å². The van der Waals surface area contributed by atoms with Crippen molar-refractivity contribution in [2.24, 2.45) is 0 Å². The molecule has 0 radical (unpaired) electrons. The van der Waals surface area contributed by atoms with E-state index in [0.717, 1.165) is 16.9 Å². The number of hydrogen-bond donors (Lipinski definition) is 2. The normalized spacial score (nSPS) is 10.5. The van der Waals surface area contributed by atoms with Crippen LogP contribution in [0.15, 0.2) is 54.6 Å². The van der Waals surface area contributed by atoms with E-state index in [0.29, 0.717) is 10.8 Å². The summed E-state index contributed by atoms with van der Waals surface area (Å²) in [6.07, 6.45) is 2.99. The van der Waals surface area contributed by atoms with Gasteiger partial charge >= 0.3 is 0 Å². The van der Waals surface area contributed by atoms with Crippen molar-refractivity contribution >= 4 is 41.3 Å². The van der Waals surface area contributed by atoms with Crippen LogP contribution in [0.2, 0.25) is 5.02 Å². The molecule has 0 aliphatic rings. The number of hydrogen-bond acceptors (Lipinski definition) is 4. The summed E-state index contributed by atoms with van der Waals surface area (Å²) in [5.41, 5.74) is 6.54. The minimum atomic E-state index is -0.412. The number of thioether (sulfide) groups is 1. The Kier molecular flexibility index (Phi) is 8.05. The van der Waals surface area contributed by atoms with Crippen LogP contribution < -0.4 is 15.6 Å². The molecule has 0 spiro atoms. The number of carbonyl (C=O) groups is 2. The lowest BCUT2D eigenvalue weighted by atomic mass is 10.2. The van der Waals surface area contributed by atoms with Gasteiger partial charge < -0.3 is 4.74 Å². The number of nitrogens with one attached hydrogen (secondary N) is 2. The number of carbonyl (C=O) groups excluding carboxylic acids is 2. The molecule has 26 heavy (non-hydrogen) atoms. The van der Waals surface area contributed by atoms with Gasteiger partial charge in [0, 0.05) is 16.9 Å². The van der Waals surface area contributed by atoms with E-state index in [1.54, 1.807) is 25.3 Å².